The van der Waals surface area contributed by atoms with Crippen molar-refractivity contribution in [2.24, 2.45) is 0 Å². The summed E-state index contributed by atoms with van der Waals surface area (Å²) >= 11 is 1.69. The molecule has 4 aromatic rings. The molecule has 0 radical (unpaired) electrons. The van der Waals surface area contributed by atoms with E-state index in [2.05, 4.69) is 25.3 Å². The minimum absolute atomic E-state index is 0.316. The van der Waals surface area contributed by atoms with Crippen molar-refractivity contribution < 1.29 is 9.84 Å². The van der Waals surface area contributed by atoms with Gasteiger partial charge < -0.3 is 9.84 Å². The highest BCUT2D eigenvalue weighted by atomic mass is 32.1. The number of aliphatic hydroxyl groups is 1. The van der Waals surface area contributed by atoms with Crippen LogP contribution in [0.3, 0.4) is 0 Å². The Hall–Kier alpha value is -2.85. The van der Waals surface area contributed by atoms with E-state index in [0.717, 1.165) is 23.4 Å². The lowest BCUT2D eigenvalue weighted by atomic mass is 10.1. The predicted octanol–water partition coefficient (Wildman–Crippen LogP) is 2.12. The molecule has 1 atom stereocenters. The number of ether oxygens (including phenoxy) is 1. The molecule has 27 heavy (non-hydrogen) atoms. The van der Waals surface area contributed by atoms with E-state index in [4.69, 9.17) is 4.74 Å². The van der Waals surface area contributed by atoms with Crippen LogP contribution in [0.1, 0.15) is 48.1 Å². The highest BCUT2D eigenvalue weighted by molar-refractivity contribution is 7.17. The smallest absolute Gasteiger partial charge is 0.316 e. The lowest BCUT2D eigenvalue weighted by Gasteiger charge is -2.09. The Morgan fingerprint density at radius 3 is 2.85 bits per heavy atom. The Kier molecular flexibility index (Phi) is 3.87. The number of aliphatic hydroxyl groups excluding tert-OH is 1. The van der Waals surface area contributed by atoms with Crippen molar-refractivity contribution in [3.8, 4) is 11.7 Å². The predicted molar refractivity (Wildman–Crippen MR) is 97.2 cm³/mol. The summed E-state index contributed by atoms with van der Waals surface area (Å²) in [4.78, 5) is 14.7. The molecule has 1 aliphatic rings. The fourth-order valence-corrected chi connectivity index (χ4v) is 4.33. The highest BCUT2D eigenvalue weighted by Gasteiger charge is 2.33. The second-order valence-corrected chi connectivity index (χ2v) is 7.44. The minimum Gasteiger partial charge on any atom is -0.464 e. The van der Waals surface area contributed by atoms with Gasteiger partial charge in [0.25, 0.3) is 0 Å². The number of imidazole rings is 1. The maximum atomic E-state index is 11.0. The van der Waals surface area contributed by atoms with Crippen LogP contribution in [0.4, 0.5) is 0 Å². The summed E-state index contributed by atoms with van der Waals surface area (Å²) in [6, 6.07) is 0.316. The van der Waals surface area contributed by atoms with Gasteiger partial charge in [-0.15, -0.1) is 16.4 Å². The topological polar surface area (TPSA) is 103 Å². The van der Waals surface area contributed by atoms with Gasteiger partial charge in [-0.2, -0.15) is 0 Å². The molecule has 4 heterocycles. The first kappa shape index (κ1) is 16.3. The molecule has 1 fully saturated rings. The third-order valence-electron chi connectivity index (χ3n) is 4.48. The zero-order chi connectivity index (χ0) is 18.4. The molecule has 4 aromatic heterocycles. The molecule has 0 amide bonds. The molecule has 5 rings (SSSR count). The van der Waals surface area contributed by atoms with Crippen LogP contribution in [0.5, 0.6) is 6.01 Å². The van der Waals surface area contributed by atoms with Crippen molar-refractivity contribution in [3.05, 3.63) is 47.4 Å². The van der Waals surface area contributed by atoms with E-state index >= 15 is 0 Å². The molecule has 0 bridgehead atoms. The van der Waals surface area contributed by atoms with Crippen LogP contribution < -0.4 is 4.74 Å². The zero-order valence-electron chi connectivity index (χ0n) is 14.6. The average Bonchev–Trinajstić information content (AvgIpc) is 3.08. The Morgan fingerprint density at radius 2 is 2.11 bits per heavy atom. The summed E-state index contributed by atoms with van der Waals surface area (Å²) in [5.74, 6) is 0.522. The standard InChI is InChI=1S/C17H17N7O2S/c1-2-26-17-19-5-11(6-20-17)24-8-12(21-22-24)15(25)14-16(10-3-4-10)27-13-7-18-9-23(13)14/h5-10,15,25H,2-4H2,1H3. The molecule has 1 saturated carbocycles. The lowest BCUT2D eigenvalue weighted by Crippen LogP contribution is -2.06. The molecule has 0 saturated heterocycles. The van der Waals surface area contributed by atoms with Gasteiger partial charge in [-0.25, -0.2) is 19.6 Å². The Labute approximate surface area is 158 Å². The number of thiazole rings is 1. The van der Waals surface area contributed by atoms with Gasteiger partial charge >= 0.3 is 6.01 Å². The van der Waals surface area contributed by atoms with Crippen molar-refractivity contribution in [2.75, 3.05) is 6.61 Å². The highest BCUT2D eigenvalue weighted by Crippen LogP contribution is 2.47. The van der Waals surface area contributed by atoms with E-state index in [1.807, 2.05) is 17.5 Å². The number of hydrogen-bond acceptors (Lipinski definition) is 8. The molecule has 1 N–H and O–H groups in total. The summed E-state index contributed by atoms with van der Waals surface area (Å²) in [5.41, 5.74) is 1.95. The minimum atomic E-state index is -0.874. The number of rotatable bonds is 6. The monoisotopic (exact) mass is 383 g/mol. The number of nitrogens with zero attached hydrogens (tertiary/aromatic N) is 7. The second kappa shape index (κ2) is 6.39. The zero-order valence-corrected chi connectivity index (χ0v) is 15.4. The van der Waals surface area contributed by atoms with E-state index < -0.39 is 6.10 Å². The molecule has 10 heteroatoms. The van der Waals surface area contributed by atoms with Gasteiger partial charge in [0.1, 0.15) is 28.6 Å². The van der Waals surface area contributed by atoms with E-state index in [9.17, 15) is 5.11 Å². The Balaban J connectivity index is 1.47. The first-order valence-electron chi connectivity index (χ1n) is 8.74. The summed E-state index contributed by atoms with van der Waals surface area (Å²) < 4.78 is 8.74. The van der Waals surface area contributed by atoms with Crippen molar-refractivity contribution in [2.45, 2.75) is 31.8 Å². The third-order valence-corrected chi connectivity index (χ3v) is 5.76. The summed E-state index contributed by atoms with van der Waals surface area (Å²) in [6.07, 6.45) is 9.91. The van der Waals surface area contributed by atoms with Gasteiger partial charge in [0.05, 0.1) is 37.1 Å². The van der Waals surface area contributed by atoms with Gasteiger partial charge in [0.2, 0.25) is 0 Å². The molecular weight excluding hydrogens is 366 g/mol. The van der Waals surface area contributed by atoms with Gasteiger partial charge in [0.15, 0.2) is 0 Å². The molecule has 1 aliphatic carbocycles. The van der Waals surface area contributed by atoms with E-state index in [0.29, 0.717) is 29.9 Å². The fourth-order valence-electron chi connectivity index (χ4n) is 3.03. The Morgan fingerprint density at radius 1 is 1.30 bits per heavy atom. The van der Waals surface area contributed by atoms with Crippen LogP contribution in [-0.2, 0) is 0 Å². The van der Waals surface area contributed by atoms with Crippen LogP contribution in [0.15, 0.2) is 31.1 Å². The van der Waals surface area contributed by atoms with Gasteiger partial charge in [0, 0.05) is 4.88 Å². The molecule has 0 aliphatic heterocycles. The van der Waals surface area contributed by atoms with Crippen LogP contribution >= 0.6 is 11.3 Å². The van der Waals surface area contributed by atoms with Crippen molar-refractivity contribution in [1.82, 2.24) is 34.3 Å². The number of aromatic nitrogens is 7. The van der Waals surface area contributed by atoms with E-state index in [1.165, 1.54) is 4.88 Å². The average molecular weight is 383 g/mol. The maximum Gasteiger partial charge on any atom is 0.316 e. The molecule has 0 aromatic carbocycles. The summed E-state index contributed by atoms with van der Waals surface area (Å²) in [7, 11) is 0. The van der Waals surface area contributed by atoms with E-state index in [-0.39, 0.29) is 0 Å². The van der Waals surface area contributed by atoms with Crippen LogP contribution in [0.2, 0.25) is 0 Å². The van der Waals surface area contributed by atoms with Crippen LogP contribution in [-0.4, -0.2) is 46.1 Å². The first-order valence-corrected chi connectivity index (χ1v) is 9.56. The Bertz CT molecular complexity index is 1080. The SMILES string of the molecule is CCOc1ncc(-n2cc(C(O)c3c(C4CC4)sc4cncn34)nn2)cn1. The normalized spacial score (nSPS) is 15.3. The van der Waals surface area contributed by atoms with Crippen LogP contribution in [0, 0.1) is 0 Å². The van der Waals surface area contributed by atoms with Crippen LogP contribution in [0.25, 0.3) is 10.5 Å². The fraction of sp³-hybridized carbons (Fsp3) is 0.353. The van der Waals surface area contributed by atoms with E-state index in [1.54, 1.807) is 40.9 Å². The summed E-state index contributed by atoms with van der Waals surface area (Å²) in [5, 5.41) is 19.3. The van der Waals surface area contributed by atoms with Gasteiger partial charge in [-0.1, -0.05) is 5.21 Å². The molecule has 1 unspecified atom stereocenters. The number of hydrogen-bond donors (Lipinski definition) is 1. The van der Waals surface area contributed by atoms with Crippen molar-refractivity contribution in [1.29, 1.82) is 0 Å². The largest absolute Gasteiger partial charge is 0.464 e. The van der Waals surface area contributed by atoms with Gasteiger partial charge in [-0.05, 0) is 25.7 Å². The molecule has 138 valence electrons. The van der Waals surface area contributed by atoms with Crippen molar-refractivity contribution >= 4 is 16.2 Å². The third kappa shape index (κ3) is 2.86. The van der Waals surface area contributed by atoms with Crippen molar-refractivity contribution in [3.63, 3.8) is 0 Å². The molecular formula is C17H17N7O2S. The first-order chi connectivity index (χ1) is 13.2. The molecule has 9 nitrogen and oxygen atoms in total. The van der Waals surface area contributed by atoms with Gasteiger partial charge in [-0.3, -0.25) is 4.40 Å². The molecule has 0 spiro atoms. The maximum absolute atomic E-state index is 11.0. The number of fused-ring (bicyclic) bond motifs is 1. The summed E-state index contributed by atoms with van der Waals surface area (Å²) in [6.45, 7) is 2.38. The lowest BCUT2D eigenvalue weighted by molar-refractivity contribution is 0.208. The second-order valence-electron chi connectivity index (χ2n) is 6.38. The quantitative estimate of drug-likeness (QED) is 0.544.